The lowest BCUT2D eigenvalue weighted by atomic mass is 10.4. The second-order valence-corrected chi connectivity index (χ2v) is 4.55. The number of fused-ring (bicyclic) bond motifs is 1. The molecule has 2 aromatic rings. The number of aryl methyl sites for hydroxylation is 1. The van der Waals surface area contributed by atoms with Crippen LogP contribution in [0.5, 0.6) is 0 Å². The molecule has 0 amide bonds. The van der Waals surface area contributed by atoms with Gasteiger partial charge in [0.05, 0.1) is 6.61 Å². The van der Waals surface area contributed by atoms with Crippen LogP contribution in [0.3, 0.4) is 0 Å². The third kappa shape index (κ3) is 2.51. The van der Waals surface area contributed by atoms with Gasteiger partial charge in [0.15, 0.2) is 5.65 Å². The molecular formula is C13H16N4O4. The Morgan fingerprint density at radius 3 is 2.62 bits per heavy atom. The van der Waals surface area contributed by atoms with E-state index in [0.29, 0.717) is 11.1 Å². The van der Waals surface area contributed by atoms with Crippen LogP contribution in [-0.2, 0) is 23.6 Å². The van der Waals surface area contributed by atoms with Gasteiger partial charge in [0, 0.05) is 32.1 Å². The van der Waals surface area contributed by atoms with Crippen LogP contribution in [0.4, 0.5) is 0 Å². The van der Waals surface area contributed by atoms with Crippen LogP contribution >= 0.6 is 0 Å². The molecule has 0 atom stereocenters. The van der Waals surface area contributed by atoms with Crippen molar-refractivity contribution in [3.8, 4) is 0 Å². The van der Waals surface area contributed by atoms with E-state index in [-0.39, 0.29) is 12.3 Å². The minimum absolute atomic E-state index is 0.264. The highest BCUT2D eigenvalue weighted by Gasteiger charge is 2.13. The summed E-state index contributed by atoms with van der Waals surface area (Å²) in [6.07, 6.45) is 2.76. The fourth-order valence-corrected chi connectivity index (χ4v) is 1.95. The van der Waals surface area contributed by atoms with Crippen molar-refractivity contribution in [2.75, 3.05) is 6.61 Å². The van der Waals surface area contributed by atoms with Crippen LogP contribution < -0.4 is 11.2 Å². The lowest BCUT2D eigenvalue weighted by Crippen LogP contribution is -2.36. The van der Waals surface area contributed by atoms with Crippen molar-refractivity contribution in [1.82, 2.24) is 18.9 Å². The lowest BCUT2D eigenvalue weighted by Gasteiger charge is -2.01. The Morgan fingerprint density at radius 1 is 1.33 bits per heavy atom. The summed E-state index contributed by atoms with van der Waals surface area (Å²) in [5.74, 6) is -0.489. The zero-order valence-electron chi connectivity index (χ0n) is 12.3. The van der Waals surface area contributed by atoms with Crippen molar-refractivity contribution in [3.05, 3.63) is 33.1 Å². The van der Waals surface area contributed by atoms with Gasteiger partial charge < -0.3 is 4.74 Å². The number of esters is 1. The van der Waals surface area contributed by atoms with E-state index in [4.69, 9.17) is 4.74 Å². The number of ether oxygens (including phenoxy) is 1. The Bertz CT molecular complexity index is 853. The minimum atomic E-state index is -0.489. The number of nitrogens with zero attached hydrogens (tertiary/aromatic N) is 4. The van der Waals surface area contributed by atoms with Crippen LogP contribution in [0, 0.1) is 0 Å². The SMILES string of the molecule is CCOC(=O)/C=C(\C)n1cc2c(=O)n(C)c(=O)n(C)c2n1. The molecule has 0 saturated heterocycles. The monoisotopic (exact) mass is 292 g/mol. The van der Waals surface area contributed by atoms with Gasteiger partial charge in [-0.05, 0) is 13.8 Å². The van der Waals surface area contributed by atoms with Gasteiger partial charge in [-0.25, -0.2) is 14.3 Å². The van der Waals surface area contributed by atoms with E-state index in [2.05, 4.69) is 5.10 Å². The molecule has 0 aromatic carbocycles. The van der Waals surface area contributed by atoms with Crippen LogP contribution in [0.2, 0.25) is 0 Å². The number of carbonyl (C=O) groups excluding carboxylic acids is 1. The first-order valence-electron chi connectivity index (χ1n) is 6.37. The fourth-order valence-electron chi connectivity index (χ4n) is 1.95. The molecule has 0 fully saturated rings. The molecule has 0 saturated carbocycles. The van der Waals surface area contributed by atoms with Gasteiger partial charge in [0.1, 0.15) is 5.39 Å². The largest absolute Gasteiger partial charge is 0.463 e. The summed E-state index contributed by atoms with van der Waals surface area (Å²) >= 11 is 0. The van der Waals surface area contributed by atoms with E-state index in [1.54, 1.807) is 13.8 Å². The molecule has 21 heavy (non-hydrogen) atoms. The van der Waals surface area contributed by atoms with Crippen molar-refractivity contribution in [2.24, 2.45) is 14.1 Å². The van der Waals surface area contributed by atoms with Crippen LogP contribution in [0.15, 0.2) is 21.9 Å². The maximum absolute atomic E-state index is 12.0. The van der Waals surface area contributed by atoms with Gasteiger partial charge in [-0.15, -0.1) is 5.10 Å². The molecule has 0 aliphatic carbocycles. The molecule has 2 aromatic heterocycles. The fraction of sp³-hybridized carbons (Fsp3) is 0.385. The van der Waals surface area contributed by atoms with E-state index in [9.17, 15) is 14.4 Å². The van der Waals surface area contributed by atoms with Crippen LogP contribution in [-0.4, -0.2) is 31.5 Å². The maximum atomic E-state index is 12.0. The average molecular weight is 292 g/mol. The Balaban J connectivity index is 2.62. The van der Waals surface area contributed by atoms with E-state index < -0.39 is 17.2 Å². The second kappa shape index (κ2) is 5.39. The Kier molecular flexibility index (Phi) is 3.79. The summed E-state index contributed by atoms with van der Waals surface area (Å²) in [5.41, 5.74) is -0.132. The van der Waals surface area contributed by atoms with Crippen molar-refractivity contribution in [2.45, 2.75) is 13.8 Å². The number of allylic oxidation sites excluding steroid dienone is 1. The third-order valence-electron chi connectivity index (χ3n) is 3.10. The molecule has 2 rings (SSSR count). The molecule has 8 nitrogen and oxygen atoms in total. The summed E-state index contributed by atoms with van der Waals surface area (Å²) in [4.78, 5) is 35.3. The summed E-state index contributed by atoms with van der Waals surface area (Å²) in [5, 5.41) is 4.48. The van der Waals surface area contributed by atoms with Crippen molar-refractivity contribution >= 4 is 22.7 Å². The second-order valence-electron chi connectivity index (χ2n) is 4.55. The smallest absolute Gasteiger partial charge is 0.332 e. The zero-order chi connectivity index (χ0) is 15.7. The summed E-state index contributed by atoms with van der Waals surface area (Å²) in [6.45, 7) is 3.65. The van der Waals surface area contributed by atoms with Crippen molar-refractivity contribution in [1.29, 1.82) is 0 Å². The molecule has 0 aliphatic rings. The average Bonchev–Trinajstić information content (AvgIpc) is 2.88. The lowest BCUT2D eigenvalue weighted by molar-refractivity contribution is -0.137. The van der Waals surface area contributed by atoms with Gasteiger partial charge in [0.25, 0.3) is 5.56 Å². The first-order chi connectivity index (χ1) is 9.86. The predicted octanol–water partition coefficient (Wildman–Crippen LogP) is -0.142. The standard InChI is InChI=1S/C13H16N4O4/c1-5-21-10(18)6-8(2)17-7-9-11(14-17)15(3)13(20)16(4)12(9)19/h6-7H,5H2,1-4H3/b8-6+. The molecule has 2 heterocycles. The highest BCUT2D eigenvalue weighted by atomic mass is 16.5. The molecular weight excluding hydrogens is 276 g/mol. The first kappa shape index (κ1) is 14.8. The number of rotatable bonds is 3. The van der Waals surface area contributed by atoms with Crippen LogP contribution in [0.25, 0.3) is 16.7 Å². The van der Waals surface area contributed by atoms with Gasteiger partial charge in [-0.3, -0.25) is 13.9 Å². The Labute approximate surface area is 119 Å². The van der Waals surface area contributed by atoms with E-state index in [1.165, 1.54) is 35.6 Å². The third-order valence-corrected chi connectivity index (χ3v) is 3.10. The predicted molar refractivity (Wildman–Crippen MR) is 76.8 cm³/mol. The maximum Gasteiger partial charge on any atom is 0.332 e. The number of hydrogen-bond acceptors (Lipinski definition) is 5. The zero-order valence-corrected chi connectivity index (χ0v) is 12.3. The molecule has 8 heteroatoms. The number of aromatic nitrogens is 4. The normalized spacial score (nSPS) is 11.9. The van der Waals surface area contributed by atoms with Crippen LogP contribution in [0.1, 0.15) is 13.8 Å². The summed E-state index contributed by atoms with van der Waals surface area (Å²) in [6, 6.07) is 0. The van der Waals surface area contributed by atoms with E-state index in [1.807, 2.05) is 0 Å². The molecule has 0 spiro atoms. The van der Waals surface area contributed by atoms with Gasteiger partial charge >= 0.3 is 11.7 Å². The molecule has 0 bridgehead atoms. The van der Waals surface area contributed by atoms with Gasteiger partial charge in [0.2, 0.25) is 0 Å². The quantitative estimate of drug-likeness (QED) is 0.580. The van der Waals surface area contributed by atoms with Gasteiger partial charge in [-0.2, -0.15) is 0 Å². The number of hydrogen-bond donors (Lipinski definition) is 0. The van der Waals surface area contributed by atoms with Crippen molar-refractivity contribution < 1.29 is 9.53 Å². The molecule has 112 valence electrons. The highest BCUT2D eigenvalue weighted by molar-refractivity contribution is 5.88. The number of carbonyl (C=O) groups is 1. The molecule has 0 aliphatic heterocycles. The van der Waals surface area contributed by atoms with Gasteiger partial charge in [-0.1, -0.05) is 0 Å². The first-order valence-corrected chi connectivity index (χ1v) is 6.37. The topological polar surface area (TPSA) is 88.1 Å². The highest BCUT2D eigenvalue weighted by Crippen LogP contribution is 2.09. The molecule has 0 radical (unpaired) electrons. The Hall–Kier alpha value is -2.64. The molecule has 0 unspecified atom stereocenters. The van der Waals surface area contributed by atoms with Crippen molar-refractivity contribution in [3.63, 3.8) is 0 Å². The summed E-state index contributed by atoms with van der Waals surface area (Å²) < 4.78 is 8.49. The summed E-state index contributed by atoms with van der Waals surface area (Å²) in [7, 11) is 2.94. The minimum Gasteiger partial charge on any atom is -0.463 e. The molecule has 0 N–H and O–H groups in total. The van der Waals surface area contributed by atoms with E-state index in [0.717, 1.165) is 4.57 Å². The van der Waals surface area contributed by atoms with E-state index >= 15 is 0 Å². The Morgan fingerprint density at radius 2 is 2.00 bits per heavy atom.